The number of rotatable bonds is 4. The summed E-state index contributed by atoms with van der Waals surface area (Å²) in [5.74, 6) is 0.906. The molecule has 6 nitrogen and oxygen atoms in total. The summed E-state index contributed by atoms with van der Waals surface area (Å²) >= 11 is 0. The van der Waals surface area contributed by atoms with Gasteiger partial charge in [-0.15, -0.1) is 0 Å². The molecule has 0 amide bonds. The van der Waals surface area contributed by atoms with Crippen LogP contribution in [0.1, 0.15) is 13.8 Å². The lowest BCUT2D eigenvalue weighted by Gasteiger charge is -2.13. The normalized spacial score (nSPS) is 10.4. The van der Waals surface area contributed by atoms with Crippen LogP contribution in [0, 0.1) is 0 Å². The Hall–Kier alpha value is -2.37. The monoisotopic (exact) mass is 245 g/mol. The van der Waals surface area contributed by atoms with E-state index in [-0.39, 0.29) is 6.10 Å². The third-order valence-corrected chi connectivity index (χ3v) is 2.14. The molecule has 2 aromatic heterocycles. The summed E-state index contributed by atoms with van der Waals surface area (Å²) in [4.78, 5) is 12.0. The highest BCUT2D eigenvalue weighted by atomic mass is 16.5. The Morgan fingerprint density at radius 3 is 2.61 bits per heavy atom. The van der Waals surface area contributed by atoms with Crippen LogP contribution in [0.5, 0.6) is 5.88 Å². The first-order chi connectivity index (χ1) is 8.66. The molecule has 0 radical (unpaired) electrons. The molecule has 2 aromatic rings. The van der Waals surface area contributed by atoms with E-state index >= 15 is 0 Å². The molecule has 0 aliphatic rings. The molecule has 0 atom stereocenters. The van der Waals surface area contributed by atoms with Crippen LogP contribution in [0.15, 0.2) is 30.9 Å². The van der Waals surface area contributed by atoms with Crippen molar-refractivity contribution in [1.82, 2.24) is 15.0 Å². The lowest BCUT2D eigenvalue weighted by molar-refractivity contribution is 0.234. The van der Waals surface area contributed by atoms with Gasteiger partial charge in [-0.3, -0.25) is 4.98 Å². The summed E-state index contributed by atoms with van der Waals surface area (Å²) in [6.07, 6.45) is 4.80. The molecule has 6 heteroatoms. The molecule has 2 heterocycles. The van der Waals surface area contributed by atoms with Crippen LogP contribution in [0.4, 0.5) is 17.2 Å². The van der Waals surface area contributed by atoms with Crippen LogP contribution < -0.4 is 15.8 Å². The zero-order valence-corrected chi connectivity index (χ0v) is 10.3. The minimum Gasteiger partial charge on any atom is -0.473 e. The maximum atomic E-state index is 5.95. The van der Waals surface area contributed by atoms with Crippen LogP contribution in [0.25, 0.3) is 0 Å². The Kier molecular flexibility index (Phi) is 3.57. The third kappa shape index (κ3) is 2.85. The maximum absolute atomic E-state index is 5.95. The van der Waals surface area contributed by atoms with Crippen molar-refractivity contribution < 1.29 is 4.74 Å². The van der Waals surface area contributed by atoms with E-state index in [9.17, 15) is 0 Å². The minimum absolute atomic E-state index is 0.0102. The van der Waals surface area contributed by atoms with Crippen LogP contribution in [0.3, 0.4) is 0 Å². The van der Waals surface area contributed by atoms with Gasteiger partial charge < -0.3 is 15.8 Å². The van der Waals surface area contributed by atoms with Crippen molar-refractivity contribution in [1.29, 1.82) is 0 Å². The molecule has 0 aliphatic heterocycles. The number of aromatic nitrogens is 3. The average Bonchev–Trinajstić information content (AvgIpc) is 2.35. The third-order valence-electron chi connectivity index (χ3n) is 2.14. The molecule has 2 rings (SSSR count). The Bertz CT molecular complexity index is 515. The van der Waals surface area contributed by atoms with E-state index in [1.165, 1.54) is 6.33 Å². The molecule has 0 bridgehead atoms. The molecule has 0 saturated carbocycles. The first kappa shape index (κ1) is 12.1. The molecule has 0 aromatic carbocycles. The highest BCUT2D eigenvalue weighted by molar-refractivity contribution is 5.71. The summed E-state index contributed by atoms with van der Waals surface area (Å²) in [5.41, 5.74) is 7.20. The lowest BCUT2D eigenvalue weighted by atomic mass is 10.4. The molecular weight excluding hydrogens is 230 g/mol. The first-order valence-electron chi connectivity index (χ1n) is 5.61. The molecule has 0 saturated heterocycles. The van der Waals surface area contributed by atoms with Gasteiger partial charge in [-0.2, -0.15) is 4.98 Å². The minimum atomic E-state index is 0.0102. The van der Waals surface area contributed by atoms with Crippen LogP contribution >= 0.6 is 0 Å². The van der Waals surface area contributed by atoms with E-state index in [2.05, 4.69) is 20.3 Å². The van der Waals surface area contributed by atoms with Crippen molar-refractivity contribution in [3.63, 3.8) is 0 Å². The fourth-order valence-electron chi connectivity index (χ4n) is 1.37. The number of hydrogen-bond acceptors (Lipinski definition) is 6. The number of nitrogen functional groups attached to an aromatic ring is 1. The summed E-state index contributed by atoms with van der Waals surface area (Å²) in [6.45, 7) is 3.83. The van der Waals surface area contributed by atoms with Crippen molar-refractivity contribution >= 4 is 17.2 Å². The topological polar surface area (TPSA) is 86.0 Å². The van der Waals surface area contributed by atoms with Crippen molar-refractivity contribution in [2.45, 2.75) is 20.0 Å². The van der Waals surface area contributed by atoms with Gasteiger partial charge in [-0.1, -0.05) is 0 Å². The van der Waals surface area contributed by atoms with Crippen LogP contribution in [-0.2, 0) is 0 Å². The Morgan fingerprint density at radius 2 is 1.94 bits per heavy atom. The SMILES string of the molecule is CC(C)Oc1ncnc(Nc2ccncc2)c1N. The average molecular weight is 245 g/mol. The van der Waals surface area contributed by atoms with Crippen LogP contribution in [0.2, 0.25) is 0 Å². The largest absolute Gasteiger partial charge is 0.473 e. The lowest BCUT2D eigenvalue weighted by Crippen LogP contribution is -2.10. The van der Waals surface area contributed by atoms with Crippen LogP contribution in [-0.4, -0.2) is 21.1 Å². The number of hydrogen-bond donors (Lipinski definition) is 2. The standard InChI is InChI=1S/C12H15N5O/c1-8(2)18-12-10(13)11(15-7-16-12)17-9-3-5-14-6-4-9/h3-8H,13H2,1-2H3,(H,14,15,16,17). The molecular formula is C12H15N5O. The van der Waals surface area contributed by atoms with Gasteiger partial charge in [-0.25, -0.2) is 4.98 Å². The highest BCUT2D eigenvalue weighted by Crippen LogP contribution is 2.27. The summed E-state index contributed by atoms with van der Waals surface area (Å²) in [7, 11) is 0. The van der Waals surface area contributed by atoms with E-state index in [1.807, 2.05) is 26.0 Å². The Labute approximate surface area is 105 Å². The van der Waals surface area contributed by atoms with Gasteiger partial charge in [0, 0.05) is 18.1 Å². The second-order valence-electron chi connectivity index (χ2n) is 3.97. The summed E-state index contributed by atoms with van der Waals surface area (Å²) in [5, 5.41) is 3.09. The molecule has 0 aliphatic carbocycles. The van der Waals surface area contributed by atoms with Crippen molar-refractivity contribution in [3.8, 4) is 5.88 Å². The number of nitrogens with zero attached hydrogens (tertiary/aromatic N) is 3. The molecule has 0 spiro atoms. The van der Waals surface area contributed by atoms with E-state index in [1.54, 1.807) is 12.4 Å². The second kappa shape index (κ2) is 5.31. The predicted molar refractivity (Wildman–Crippen MR) is 69.7 cm³/mol. The van der Waals surface area contributed by atoms with Gasteiger partial charge in [0.1, 0.15) is 12.0 Å². The van der Waals surface area contributed by atoms with Gasteiger partial charge in [0.15, 0.2) is 5.82 Å². The molecule has 0 fully saturated rings. The summed E-state index contributed by atoms with van der Waals surface area (Å²) < 4.78 is 5.49. The zero-order chi connectivity index (χ0) is 13.0. The van der Waals surface area contributed by atoms with Gasteiger partial charge in [0.05, 0.1) is 6.10 Å². The van der Waals surface area contributed by atoms with E-state index in [4.69, 9.17) is 10.5 Å². The van der Waals surface area contributed by atoms with Gasteiger partial charge in [0.25, 0.3) is 0 Å². The summed E-state index contributed by atoms with van der Waals surface area (Å²) in [6, 6.07) is 3.65. The van der Waals surface area contributed by atoms with Gasteiger partial charge >= 0.3 is 0 Å². The number of nitrogens with two attached hydrogens (primary N) is 1. The molecule has 3 N–H and O–H groups in total. The molecule has 0 unspecified atom stereocenters. The number of ether oxygens (including phenoxy) is 1. The van der Waals surface area contributed by atoms with E-state index in [0.29, 0.717) is 17.4 Å². The van der Waals surface area contributed by atoms with Gasteiger partial charge in [-0.05, 0) is 26.0 Å². The zero-order valence-electron chi connectivity index (χ0n) is 10.3. The van der Waals surface area contributed by atoms with E-state index in [0.717, 1.165) is 5.69 Å². The molecule has 18 heavy (non-hydrogen) atoms. The van der Waals surface area contributed by atoms with Gasteiger partial charge in [0.2, 0.25) is 5.88 Å². The van der Waals surface area contributed by atoms with Crippen molar-refractivity contribution in [2.24, 2.45) is 0 Å². The fourth-order valence-corrected chi connectivity index (χ4v) is 1.37. The maximum Gasteiger partial charge on any atom is 0.242 e. The fraction of sp³-hybridized carbons (Fsp3) is 0.250. The predicted octanol–water partition coefficient (Wildman–Crippen LogP) is 1.98. The number of pyridine rings is 1. The molecule has 94 valence electrons. The number of anilines is 3. The Morgan fingerprint density at radius 1 is 1.22 bits per heavy atom. The Balaban J connectivity index is 2.23. The highest BCUT2D eigenvalue weighted by Gasteiger charge is 2.10. The van der Waals surface area contributed by atoms with Crippen molar-refractivity contribution in [2.75, 3.05) is 11.1 Å². The quantitative estimate of drug-likeness (QED) is 0.856. The first-order valence-corrected chi connectivity index (χ1v) is 5.61. The van der Waals surface area contributed by atoms with E-state index < -0.39 is 0 Å². The smallest absolute Gasteiger partial charge is 0.242 e. The second-order valence-corrected chi connectivity index (χ2v) is 3.97. The number of nitrogens with one attached hydrogen (secondary N) is 1. The van der Waals surface area contributed by atoms with Crippen molar-refractivity contribution in [3.05, 3.63) is 30.9 Å².